The van der Waals surface area contributed by atoms with Gasteiger partial charge in [0.25, 0.3) is 0 Å². The average molecular weight is 434 g/mol. The third kappa shape index (κ3) is 6.17. The maximum absolute atomic E-state index is 13.2. The molecule has 0 spiro atoms. The van der Waals surface area contributed by atoms with Crippen LogP contribution >= 0.6 is 0 Å². The molecule has 3 aromatic rings. The maximum atomic E-state index is 13.2. The lowest BCUT2D eigenvalue weighted by Crippen LogP contribution is -2.32. The zero-order valence-electron chi connectivity index (χ0n) is 19.4. The minimum atomic E-state index is -0.395. The number of anilines is 2. The molecule has 32 heavy (non-hydrogen) atoms. The number of hydrogen-bond acceptors (Lipinski definition) is 5. The highest BCUT2D eigenvalue weighted by Gasteiger charge is 2.18. The molecule has 0 saturated heterocycles. The van der Waals surface area contributed by atoms with E-state index in [1.807, 2.05) is 105 Å². The van der Waals surface area contributed by atoms with Crippen LogP contribution in [0, 0.1) is 0 Å². The summed E-state index contributed by atoms with van der Waals surface area (Å²) in [5.74, 6) is 1.30. The Labute approximate surface area is 190 Å². The maximum Gasteiger partial charge on any atom is 0.415 e. The van der Waals surface area contributed by atoms with Gasteiger partial charge in [-0.2, -0.15) is 0 Å². The van der Waals surface area contributed by atoms with E-state index in [1.54, 1.807) is 18.1 Å². The number of rotatable bonds is 8. The van der Waals surface area contributed by atoms with Crippen molar-refractivity contribution in [1.82, 2.24) is 4.90 Å². The van der Waals surface area contributed by atoms with E-state index in [-0.39, 0.29) is 0 Å². The Bertz CT molecular complexity index is 1020. The second kappa shape index (κ2) is 10.6. The van der Waals surface area contributed by atoms with Crippen molar-refractivity contribution in [3.8, 4) is 11.5 Å². The molecule has 0 radical (unpaired) electrons. The van der Waals surface area contributed by atoms with Crippen LogP contribution in [0.15, 0.2) is 72.8 Å². The summed E-state index contributed by atoms with van der Waals surface area (Å²) in [6, 6.07) is 23.4. The standard InChI is InChI=1S/C26H31N3O3/c1-27(2)22-13-9-20(10-14-22)18-29(19-21-11-15-24(31-5)16-12-21)26(30)32-25-8-6-7-23(17-25)28(3)4/h6-17H,18-19H2,1-5H3. The second-order valence-corrected chi connectivity index (χ2v) is 8.02. The van der Waals surface area contributed by atoms with E-state index < -0.39 is 6.09 Å². The minimum Gasteiger partial charge on any atom is -0.497 e. The van der Waals surface area contributed by atoms with Crippen LogP contribution in [-0.4, -0.2) is 46.3 Å². The predicted octanol–water partition coefficient (Wildman–Crippen LogP) is 5.03. The summed E-state index contributed by atoms with van der Waals surface area (Å²) in [6.45, 7) is 0.859. The first-order valence-electron chi connectivity index (χ1n) is 10.5. The largest absolute Gasteiger partial charge is 0.497 e. The summed E-state index contributed by atoms with van der Waals surface area (Å²) < 4.78 is 11.0. The summed E-state index contributed by atoms with van der Waals surface area (Å²) in [7, 11) is 9.55. The first-order chi connectivity index (χ1) is 15.4. The molecule has 6 heteroatoms. The van der Waals surface area contributed by atoms with Crippen LogP contribution in [0.1, 0.15) is 11.1 Å². The molecule has 0 aliphatic heterocycles. The molecule has 0 aliphatic carbocycles. The molecule has 0 heterocycles. The fraction of sp³-hybridized carbons (Fsp3) is 0.269. The van der Waals surface area contributed by atoms with Crippen LogP contribution in [0.4, 0.5) is 16.2 Å². The van der Waals surface area contributed by atoms with Gasteiger partial charge in [-0.25, -0.2) is 4.79 Å². The van der Waals surface area contributed by atoms with Crippen molar-refractivity contribution in [3.63, 3.8) is 0 Å². The molecule has 6 nitrogen and oxygen atoms in total. The van der Waals surface area contributed by atoms with Gasteiger partial charge in [0.15, 0.2) is 0 Å². The van der Waals surface area contributed by atoms with Gasteiger partial charge in [0.05, 0.1) is 7.11 Å². The van der Waals surface area contributed by atoms with Gasteiger partial charge < -0.3 is 19.3 Å². The van der Waals surface area contributed by atoms with Crippen molar-refractivity contribution < 1.29 is 14.3 Å². The molecule has 3 aromatic carbocycles. The highest BCUT2D eigenvalue weighted by Crippen LogP contribution is 2.22. The van der Waals surface area contributed by atoms with E-state index in [1.165, 1.54) is 0 Å². The number of ether oxygens (including phenoxy) is 2. The van der Waals surface area contributed by atoms with Gasteiger partial charge in [0.1, 0.15) is 11.5 Å². The number of hydrogen-bond donors (Lipinski definition) is 0. The topological polar surface area (TPSA) is 45.3 Å². The Morgan fingerprint density at radius 1 is 0.719 bits per heavy atom. The zero-order valence-corrected chi connectivity index (χ0v) is 19.4. The van der Waals surface area contributed by atoms with Gasteiger partial charge in [-0.3, -0.25) is 4.90 Å². The predicted molar refractivity (Wildman–Crippen MR) is 130 cm³/mol. The van der Waals surface area contributed by atoms with Crippen LogP contribution in [0.5, 0.6) is 11.5 Å². The number of amides is 1. The monoisotopic (exact) mass is 433 g/mol. The summed E-state index contributed by atoms with van der Waals surface area (Å²) in [5.41, 5.74) is 4.10. The third-order valence-corrected chi connectivity index (χ3v) is 5.16. The van der Waals surface area contributed by atoms with Gasteiger partial charge in [-0.1, -0.05) is 30.3 Å². The average Bonchev–Trinajstić information content (AvgIpc) is 2.79. The van der Waals surface area contributed by atoms with E-state index in [0.717, 1.165) is 28.3 Å². The molecule has 0 fully saturated rings. The van der Waals surface area contributed by atoms with Crippen molar-refractivity contribution in [3.05, 3.63) is 83.9 Å². The lowest BCUT2D eigenvalue weighted by Gasteiger charge is -2.23. The Morgan fingerprint density at radius 2 is 1.28 bits per heavy atom. The molecule has 0 N–H and O–H groups in total. The lowest BCUT2D eigenvalue weighted by molar-refractivity contribution is 0.146. The smallest absolute Gasteiger partial charge is 0.415 e. The van der Waals surface area contributed by atoms with E-state index in [9.17, 15) is 4.79 Å². The lowest BCUT2D eigenvalue weighted by atomic mass is 10.1. The Kier molecular flexibility index (Phi) is 7.60. The summed E-state index contributed by atoms with van der Waals surface area (Å²) in [4.78, 5) is 18.9. The van der Waals surface area contributed by atoms with E-state index in [2.05, 4.69) is 0 Å². The first kappa shape index (κ1) is 23.0. The highest BCUT2D eigenvalue weighted by molar-refractivity contribution is 5.71. The SMILES string of the molecule is COc1ccc(CN(Cc2ccc(N(C)C)cc2)C(=O)Oc2cccc(N(C)C)c2)cc1. The van der Waals surface area contributed by atoms with Crippen LogP contribution in [0.3, 0.4) is 0 Å². The second-order valence-electron chi connectivity index (χ2n) is 8.02. The molecule has 0 bridgehead atoms. The number of carbonyl (C=O) groups is 1. The molecular formula is C26H31N3O3. The molecule has 0 unspecified atom stereocenters. The summed E-state index contributed by atoms with van der Waals surface area (Å²) in [5, 5.41) is 0. The van der Waals surface area contributed by atoms with Crippen LogP contribution in [0.2, 0.25) is 0 Å². The zero-order chi connectivity index (χ0) is 23.1. The molecule has 3 rings (SSSR count). The molecule has 0 aromatic heterocycles. The number of nitrogens with zero attached hydrogens (tertiary/aromatic N) is 3. The van der Waals surface area contributed by atoms with Crippen molar-refractivity contribution in [1.29, 1.82) is 0 Å². The number of benzene rings is 3. The van der Waals surface area contributed by atoms with Gasteiger partial charge in [0, 0.05) is 58.7 Å². The van der Waals surface area contributed by atoms with E-state index in [4.69, 9.17) is 9.47 Å². The molecular weight excluding hydrogens is 402 g/mol. The first-order valence-corrected chi connectivity index (χ1v) is 10.5. The van der Waals surface area contributed by atoms with Crippen molar-refractivity contribution >= 4 is 17.5 Å². The van der Waals surface area contributed by atoms with E-state index in [0.29, 0.717) is 18.8 Å². The van der Waals surface area contributed by atoms with Crippen molar-refractivity contribution in [2.24, 2.45) is 0 Å². The van der Waals surface area contributed by atoms with Crippen LogP contribution < -0.4 is 19.3 Å². The Balaban J connectivity index is 1.81. The molecule has 0 saturated carbocycles. The summed E-state index contributed by atoms with van der Waals surface area (Å²) in [6.07, 6.45) is -0.395. The number of methoxy groups -OCH3 is 1. The van der Waals surface area contributed by atoms with Crippen molar-refractivity contribution in [2.45, 2.75) is 13.1 Å². The Morgan fingerprint density at radius 3 is 1.81 bits per heavy atom. The fourth-order valence-electron chi connectivity index (χ4n) is 3.25. The van der Waals surface area contributed by atoms with Gasteiger partial charge >= 0.3 is 6.09 Å². The van der Waals surface area contributed by atoms with Gasteiger partial charge in [0.2, 0.25) is 0 Å². The molecule has 0 aliphatic rings. The normalized spacial score (nSPS) is 10.4. The molecule has 0 atom stereocenters. The summed E-state index contributed by atoms with van der Waals surface area (Å²) >= 11 is 0. The third-order valence-electron chi connectivity index (χ3n) is 5.16. The van der Waals surface area contributed by atoms with E-state index >= 15 is 0 Å². The van der Waals surface area contributed by atoms with Crippen LogP contribution in [-0.2, 0) is 13.1 Å². The Hall–Kier alpha value is -3.67. The van der Waals surface area contributed by atoms with Crippen LogP contribution in [0.25, 0.3) is 0 Å². The number of carbonyl (C=O) groups excluding carboxylic acids is 1. The van der Waals surface area contributed by atoms with Gasteiger partial charge in [-0.05, 0) is 47.5 Å². The highest BCUT2D eigenvalue weighted by atomic mass is 16.6. The quantitative estimate of drug-likeness (QED) is 0.499. The molecule has 1 amide bonds. The minimum absolute atomic E-state index is 0.395. The van der Waals surface area contributed by atoms with Gasteiger partial charge in [-0.15, -0.1) is 0 Å². The van der Waals surface area contributed by atoms with Crippen molar-refractivity contribution in [2.75, 3.05) is 45.1 Å². The molecule has 168 valence electrons. The fourth-order valence-corrected chi connectivity index (χ4v) is 3.25.